The third kappa shape index (κ3) is 9.05. The van der Waals surface area contributed by atoms with Crippen molar-refractivity contribution in [3.63, 3.8) is 0 Å². The summed E-state index contributed by atoms with van der Waals surface area (Å²) in [6.45, 7) is 0. The van der Waals surface area contributed by atoms with Gasteiger partial charge in [-0.3, -0.25) is 0 Å². The molecule has 0 aromatic rings. The molecule has 0 fully saturated rings. The molecular weight excluding hydrogens is 550 g/mol. The van der Waals surface area contributed by atoms with Crippen molar-refractivity contribution in [1.82, 2.24) is 0 Å². The third-order valence-electron chi connectivity index (χ3n) is 0. The van der Waals surface area contributed by atoms with Crippen LogP contribution in [0.15, 0.2) is 0 Å². The molecular formula is I3Tm-. The van der Waals surface area contributed by atoms with Crippen LogP contribution in [-0.4, -0.2) is 0 Å². The second-order valence-corrected chi connectivity index (χ2v) is 16.3. The van der Waals surface area contributed by atoms with Gasteiger partial charge in [0.15, 0.2) is 0 Å². The molecule has 0 aliphatic rings. The van der Waals surface area contributed by atoms with Gasteiger partial charge in [-0.25, -0.2) is 0 Å². The summed E-state index contributed by atoms with van der Waals surface area (Å²) in [6.07, 6.45) is 0. The van der Waals surface area contributed by atoms with Crippen molar-refractivity contribution in [1.29, 1.82) is 0 Å². The Balaban J connectivity index is 0. The van der Waals surface area contributed by atoms with E-state index in [4.69, 9.17) is 0 Å². The normalized spacial score (nSPS) is 5.50. The molecule has 0 atom stereocenters. The number of hydrogen-bond donors (Lipinski definition) is 0. The fourth-order valence-corrected chi connectivity index (χ4v) is 0. The molecule has 0 unspecified atom stereocenters. The van der Waals surface area contributed by atoms with Gasteiger partial charge in [0.25, 0.3) is 0 Å². The molecule has 0 spiro atoms. The van der Waals surface area contributed by atoms with Crippen molar-refractivity contribution in [3.05, 3.63) is 0 Å². The fraction of sp³-hybridized carbons (Fsp3) is 0. The van der Waals surface area contributed by atoms with E-state index in [0.717, 1.165) is 0 Å². The van der Waals surface area contributed by atoms with Crippen LogP contribution in [-0.2, 0) is 0 Å². The van der Waals surface area contributed by atoms with Crippen molar-refractivity contribution in [2.45, 2.75) is 0 Å². The van der Waals surface area contributed by atoms with E-state index in [1.165, 1.54) is 0 Å². The van der Waals surface area contributed by atoms with Crippen LogP contribution in [0, 0.1) is 36.9 Å². The molecule has 0 N–H and O–H groups in total. The molecule has 0 saturated carbocycles. The Kier molecular flexibility index (Phi) is 25.1. The maximum Gasteiger partial charge on any atom is 0 e. The minimum Gasteiger partial charge on any atom is 0 e. The monoisotopic (exact) mass is 550 g/mol. The second-order valence-electron chi connectivity index (χ2n) is 0.0540. The van der Waals surface area contributed by atoms with Gasteiger partial charge in [0.05, 0.1) is 0 Å². The summed E-state index contributed by atoms with van der Waals surface area (Å²) in [5.74, 6) is 0. The van der Waals surface area contributed by atoms with Crippen molar-refractivity contribution >= 4 is 37.2 Å². The Hall–Kier alpha value is 3.42. The van der Waals surface area contributed by atoms with E-state index >= 15 is 0 Å². The molecule has 0 aromatic carbocycles. The molecule has 0 rings (SSSR count). The Bertz CT molecular complexity index is 3.25. The predicted octanol–water partition coefficient (Wildman–Crippen LogP) is -1.22. The number of halogens is 3. The molecule has 0 saturated heterocycles. The van der Waals surface area contributed by atoms with Crippen LogP contribution in [0.2, 0.25) is 0 Å². The summed E-state index contributed by atoms with van der Waals surface area (Å²) in [5.41, 5.74) is 0. The largest absolute Gasteiger partial charge is 0 e. The van der Waals surface area contributed by atoms with Crippen molar-refractivity contribution < 1.29 is 50.1 Å². The van der Waals surface area contributed by atoms with Gasteiger partial charge in [0, 0.05) is 36.9 Å². The topological polar surface area (TPSA) is 0 Å². The number of hydrogen-bond acceptors (Lipinski definition) is 0. The van der Waals surface area contributed by atoms with Gasteiger partial charge in [-0.1, -0.05) is 0 Å². The first-order valence-corrected chi connectivity index (χ1v) is 12.9. The molecule has 0 amide bonds. The Morgan fingerprint density at radius 2 is 1.25 bits per heavy atom. The van der Waals surface area contributed by atoms with Crippen LogP contribution in [0.25, 0.3) is 0 Å². The maximum atomic E-state index is 2.39. The summed E-state index contributed by atoms with van der Waals surface area (Å²) in [6, 6.07) is 0. The van der Waals surface area contributed by atoms with Gasteiger partial charge in [-0.05, 0) is 0 Å². The van der Waals surface area contributed by atoms with Crippen LogP contribution in [0.4, 0.5) is 0 Å². The minimum atomic E-state index is 0. The smallest absolute Gasteiger partial charge is 0 e. The van der Waals surface area contributed by atoms with E-state index in [1.807, 2.05) is 0 Å². The van der Waals surface area contributed by atoms with Gasteiger partial charge in [0.2, 0.25) is 0 Å². The summed E-state index contributed by atoms with van der Waals surface area (Å²) >= 11 is 5.30. The average Bonchev–Trinajstić information content (AvgIpc) is 0.918. The van der Waals surface area contributed by atoms with E-state index in [1.54, 1.807) is 0 Å². The van der Waals surface area contributed by atoms with Crippen molar-refractivity contribution in [2.24, 2.45) is 0 Å². The zero-order chi connectivity index (χ0) is 2.71. The zero-order valence-electron chi connectivity index (χ0n) is 1.41. The molecule has 1 radical (unpaired) electrons. The first kappa shape index (κ1) is 10.4. The molecule has 0 aliphatic carbocycles. The van der Waals surface area contributed by atoms with Gasteiger partial charge in [0.1, 0.15) is 0 Å². The summed E-state index contributed by atoms with van der Waals surface area (Å²) in [5, 5.41) is 0. The van der Waals surface area contributed by atoms with Gasteiger partial charge in [-0.15, -0.1) is 0 Å². The minimum absolute atomic E-state index is 0. The van der Waals surface area contributed by atoms with E-state index in [-0.39, 0.29) is 36.9 Å². The fourth-order valence-electron chi connectivity index (χ4n) is 0. The first-order chi connectivity index (χ1) is 1.41. The number of rotatable bonds is 0. The van der Waals surface area contributed by atoms with Crippen molar-refractivity contribution in [2.75, 3.05) is 0 Å². The van der Waals surface area contributed by atoms with E-state index in [0.29, 0.717) is 13.3 Å². The molecule has 35 valence electrons. The zero-order valence-corrected chi connectivity index (χ0v) is 9.66. The van der Waals surface area contributed by atoms with Crippen LogP contribution >= 0.6 is 37.2 Å². The molecule has 4 heavy (non-hydrogen) atoms. The summed E-state index contributed by atoms with van der Waals surface area (Å²) in [4.78, 5) is 0. The SMILES string of the molecule is I[I-]I.[Tm]. The molecule has 4 heteroatoms. The standard InChI is InChI=1S/I3.Tm/c1-3-2;/q-1;. The Morgan fingerprint density at radius 3 is 1.25 bits per heavy atom. The van der Waals surface area contributed by atoms with Crippen LogP contribution < -0.4 is 13.3 Å². The van der Waals surface area contributed by atoms with Gasteiger partial charge >= 0.3 is 50.5 Å². The van der Waals surface area contributed by atoms with Crippen LogP contribution in [0.1, 0.15) is 0 Å². The van der Waals surface area contributed by atoms with E-state index in [2.05, 4.69) is 37.2 Å². The van der Waals surface area contributed by atoms with Gasteiger partial charge < -0.3 is 0 Å². The summed E-state index contributed by atoms with van der Waals surface area (Å²) < 4.78 is 0. The van der Waals surface area contributed by atoms with E-state index < -0.39 is 0 Å². The predicted molar refractivity (Wildman–Crippen MR) is 28.0 cm³/mol. The average molecular weight is 550 g/mol. The van der Waals surface area contributed by atoms with E-state index in [9.17, 15) is 0 Å². The molecule has 0 nitrogen and oxygen atoms in total. The first-order valence-electron chi connectivity index (χ1n) is 0.286. The maximum absolute atomic E-state index is 2.39. The molecule has 0 bridgehead atoms. The Labute approximate surface area is 84.7 Å². The molecule has 0 aliphatic heterocycles. The molecule has 0 heterocycles. The van der Waals surface area contributed by atoms with Crippen LogP contribution in [0.3, 0.4) is 0 Å². The van der Waals surface area contributed by atoms with Gasteiger partial charge in [-0.2, -0.15) is 0 Å². The Morgan fingerprint density at radius 1 is 1.25 bits per heavy atom. The summed E-state index contributed by atoms with van der Waals surface area (Å²) in [7, 11) is 0. The van der Waals surface area contributed by atoms with Crippen molar-refractivity contribution in [3.8, 4) is 0 Å². The molecule has 0 aromatic heterocycles. The van der Waals surface area contributed by atoms with Crippen LogP contribution in [0.5, 0.6) is 0 Å². The second kappa shape index (κ2) is 9.66. The third-order valence-corrected chi connectivity index (χ3v) is 0. The quantitative estimate of drug-likeness (QED) is 0.333.